The van der Waals surface area contributed by atoms with Crippen LogP contribution in [0.2, 0.25) is 0 Å². The van der Waals surface area contributed by atoms with Crippen molar-refractivity contribution < 1.29 is 4.79 Å². The van der Waals surface area contributed by atoms with E-state index >= 15 is 0 Å². The summed E-state index contributed by atoms with van der Waals surface area (Å²) >= 11 is 0. The molecule has 1 aromatic carbocycles. The molecular formula is C15H25N3O. The first-order chi connectivity index (χ1) is 9.08. The van der Waals surface area contributed by atoms with Crippen LogP contribution in [0.1, 0.15) is 19.4 Å². The normalized spacial score (nSPS) is 10.7. The van der Waals surface area contributed by atoms with Crippen molar-refractivity contribution in [3.63, 3.8) is 0 Å². The van der Waals surface area contributed by atoms with Gasteiger partial charge in [0.05, 0.1) is 6.54 Å². The second kappa shape index (κ2) is 7.79. The second-order valence-corrected chi connectivity index (χ2v) is 4.75. The van der Waals surface area contributed by atoms with E-state index in [0.717, 1.165) is 37.3 Å². The number of benzene rings is 1. The molecule has 0 heterocycles. The Morgan fingerprint density at radius 2 is 1.84 bits per heavy atom. The monoisotopic (exact) mass is 263 g/mol. The molecule has 2 N–H and O–H groups in total. The zero-order valence-electron chi connectivity index (χ0n) is 12.2. The van der Waals surface area contributed by atoms with Crippen LogP contribution in [0.25, 0.3) is 0 Å². The number of nitrogens with two attached hydrogens (primary N) is 1. The minimum atomic E-state index is 0.188. The Bertz CT molecular complexity index is 402. The molecule has 19 heavy (non-hydrogen) atoms. The number of nitrogen functional groups attached to an aromatic ring is 1. The quantitative estimate of drug-likeness (QED) is 0.760. The molecule has 106 valence electrons. The Labute approximate surface area is 116 Å². The van der Waals surface area contributed by atoms with Crippen LogP contribution in [0.3, 0.4) is 0 Å². The maximum atomic E-state index is 12.0. The smallest absolute Gasteiger partial charge is 0.236 e. The van der Waals surface area contributed by atoms with Crippen LogP contribution in [0.15, 0.2) is 24.3 Å². The van der Waals surface area contributed by atoms with Crippen LogP contribution in [-0.2, 0) is 11.2 Å². The van der Waals surface area contributed by atoms with E-state index in [2.05, 4.69) is 0 Å². The van der Waals surface area contributed by atoms with Gasteiger partial charge in [0.1, 0.15) is 0 Å². The fraction of sp³-hybridized carbons (Fsp3) is 0.533. The van der Waals surface area contributed by atoms with Crippen LogP contribution in [-0.4, -0.2) is 48.9 Å². The molecule has 4 nitrogen and oxygen atoms in total. The van der Waals surface area contributed by atoms with Crippen molar-refractivity contribution in [3.8, 4) is 0 Å². The number of rotatable bonds is 7. The van der Waals surface area contributed by atoms with Crippen LogP contribution < -0.4 is 5.73 Å². The van der Waals surface area contributed by atoms with Gasteiger partial charge in [0.25, 0.3) is 0 Å². The lowest BCUT2D eigenvalue weighted by Gasteiger charge is -2.23. The molecule has 0 aliphatic carbocycles. The van der Waals surface area contributed by atoms with Gasteiger partial charge in [-0.3, -0.25) is 9.69 Å². The van der Waals surface area contributed by atoms with Gasteiger partial charge in [0, 0.05) is 25.3 Å². The van der Waals surface area contributed by atoms with E-state index in [-0.39, 0.29) is 5.91 Å². The Kier molecular flexibility index (Phi) is 6.36. The van der Waals surface area contributed by atoms with E-state index in [1.54, 1.807) is 0 Å². The maximum Gasteiger partial charge on any atom is 0.236 e. The molecule has 0 saturated heterocycles. The number of amides is 1. The Morgan fingerprint density at radius 1 is 1.21 bits per heavy atom. The summed E-state index contributed by atoms with van der Waals surface area (Å²) in [6.07, 6.45) is 0.870. The predicted molar refractivity (Wildman–Crippen MR) is 80.0 cm³/mol. The number of hydrogen-bond acceptors (Lipinski definition) is 3. The van der Waals surface area contributed by atoms with Crippen molar-refractivity contribution in [1.82, 2.24) is 9.80 Å². The molecule has 0 unspecified atom stereocenters. The van der Waals surface area contributed by atoms with Gasteiger partial charge in [-0.05, 0) is 38.9 Å². The minimum Gasteiger partial charge on any atom is -0.399 e. The van der Waals surface area contributed by atoms with Crippen molar-refractivity contribution in [2.45, 2.75) is 20.3 Å². The molecule has 1 aromatic rings. The number of hydrogen-bond donors (Lipinski definition) is 1. The fourth-order valence-corrected chi connectivity index (χ4v) is 2.06. The third-order valence-electron chi connectivity index (χ3n) is 3.34. The Hall–Kier alpha value is -1.55. The molecule has 0 atom stereocenters. The number of likely N-dealkylation sites (N-methyl/N-ethyl adjacent to an activating group) is 2. The zero-order valence-corrected chi connectivity index (χ0v) is 12.2. The summed E-state index contributed by atoms with van der Waals surface area (Å²) in [5.74, 6) is 0.188. The topological polar surface area (TPSA) is 49.6 Å². The van der Waals surface area contributed by atoms with Crippen LogP contribution >= 0.6 is 0 Å². The highest BCUT2D eigenvalue weighted by molar-refractivity contribution is 5.78. The van der Waals surface area contributed by atoms with Gasteiger partial charge < -0.3 is 10.6 Å². The lowest BCUT2D eigenvalue weighted by molar-refractivity contribution is -0.131. The van der Waals surface area contributed by atoms with Gasteiger partial charge in [-0.1, -0.05) is 18.2 Å². The van der Waals surface area contributed by atoms with E-state index in [1.165, 1.54) is 0 Å². The molecule has 4 heteroatoms. The molecular weight excluding hydrogens is 238 g/mol. The van der Waals surface area contributed by atoms with E-state index in [1.807, 2.05) is 55.0 Å². The standard InChI is InChI=1S/C15H25N3O/c1-4-18(5-2)15(19)12-17(3)11-10-13-8-6-7-9-14(13)16/h6-9H,4-5,10-12,16H2,1-3H3. The number of carbonyl (C=O) groups excluding carboxylic acids is 1. The van der Waals surface area contributed by atoms with Gasteiger partial charge >= 0.3 is 0 Å². The molecule has 1 rings (SSSR count). The highest BCUT2D eigenvalue weighted by Crippen LogP contribution is 2.11. The van der Waals surface area contributed by atoms with Crippen molar-refractivity contribution >= 4 is 11.6 Å². The summed E-state index contributed by atoms with van der Waals surface area (Å²) < 4.78 is 0. The third-order valence-corrected chi connectivity index (χ3v) is 3.34. The zero-order chi connectivity index (χ0) is 14.3. The average molecular weight is 263 g/mol. The molecule has 0 saturated carbocycles. The van der Waals surface area contributed by atoms with Crippen molar-refractivity contribution in [3.05, 3.63) is 29.8 Å². The third kappa shape index (κ3) is 4.91. The van der Waals surface area contributed by atoms with Gasteiger partial charge in [0.15, 0.2) is 0 Å². The second-order valence-electron chi connectivity index (χ2n) is 4.75. The first kappa shape index (κ1) is 15.5. The number of anilines is 1. The molecule has 0 spiro atoms. The molecule has 0 aromatic heterocycles. The van der Waals surface area contributed by atoms with Crippen LogP contribution in [0, 0.1) is 0 Å². The number of nitrogens with zero attached hydrogens (tertiary/aromatic N) is 2. The van der Waals surface area contributed by atoms with Gasteiger partial charge in [0.2, 0.25) is 5.91 Å². The first-order valence-corrected chi connectivity index (χ1v) is 6.88. The summed E-state index contributed by atoms with van der Waals surface area (Å²) in [6.45, 7) is 6.86. The highest BCUT2D eigenvalue weighted by Gasteiger charge is 2.12. The summed E-state index contributed by atoms with van der Waals surface area (Å²) in [5, 5.41) is 0. The summed E-state index contributed by atoms with van der Waals surface area (Å²) in [7, 11) is 1.97. The van der Waals surface area contributed by atoms with Gasteiger partial charge in [-0.15, -0.1) is 0 Å². The van der Waals surface area contributed by atoms with Crippen molar-refractivity contribution in [1.29, 1.82) is 0 Å². The SMILES string of the molecule is CCN(CC)C(=O)CN(C)CCc1ccccc1N. The summed E-state index contributed by atoms with van der Waals surface area (Å²) in [6, 6.07) is 7.88. The number of para-hydroxylation sites is 1. The summed E-state index contributed by atoms with van der Waals surface area (Å²) in [4.78, 5) is 15.9. The van der Waals surface area contributed by atoms with E-state index in [9.17, 15) is 4.79 Å². The molecule has 0 aliphatic heterocycles. The number of carbonyl (C=O) groups is 1. The molecule has 1 amide bonds. The molecule has 0 radical (unpaired) electrons. The van der Waals surface area contributed by atoms with Gasteiger partial charge in [-0.25, -0.2) is 0 Å². The van der Waals surface area contributed by atoms with E-state index in [0.29, 0.717) is 6.54 Å². The van der Waals surface area contributed by atoms with E-state index in [4.69, 9.17) is 5.73 Å². The van der Waals surface area contributed by atoms with Crippen molar-refractivity contribution in [2.75, 3.05) is 39.0 Å². The van der Waals surface area contributed by atoms with E-state index < -0.39 is 0 Å². The van der Waals surface area contributed by atoms with Crippen molar-refractivity contribution in [2.24, 2.45) is 0 Å². The molecule has 0 aliphatic rings. The lowest BCUT2D eigenvalue weighted by Crippen LogP contribution is -2.39. The minimum absolute atomic E-state index is 0.188. The predicted octanol–water partition coefficient (Wildman–Crippen LogP) is 1.61. The Balaban J connectivity index is 2.42. The summed E-state index contributed by atoms with van der Waals surface area (Å²) in [5.41, 5.74) is 7.87. The lowest BCUT2D eigenvalue weighted by atomic mass is 10.1. The largest absolute Gasteiger partial charge is 0.399 e. The molecule has 0 bridgehead atoms. The Morgan fingerprint density at radius 3 is 2.42 bits per heavy atom. The highest BCUT2D eigenvalue weighted by atomic mass is 16.2. The van der Waals surface area contributed by atoms with Gasteiger partial charge in [-0.2, -0.15) is 0 Å². The fourth-order valence-electron chi connectivity index (χ4n) is 2.06. The van der Waals surface area contributed by atoms with Crippen LogP contribution in [0.4, 0.5) is 5.69 Å². The van der Waals surface area contributed by atoms with Crippen LogP contribution in [0.5, 0.6) is 0 Å². The first-order valence-electron chi connectivity index (χ1n) is 6.88. The molecule has 0 fully saturated rings. The average Bonchev–Trinajstić information content (AvgIpc) is 2.39. The maximum absolute atomic E-state index is 12.0.